The van der Waals surface area contributed by atoms with Crippen molar-refractivity contribution in [2.45, 2.75) is 69.4 Å². The van der Waals surface area contributed by atoms with E-state index in [9.17, 15) is 18.3 Å². The van der Waals surface area contributed by atoms with E-state index in [4.69, 9.17) is 4.74 Å². The van der Waals surface area contributed by atoms with Gasteiger partial charge in [-0.05, 0) is 55.0 Å². The minimum Gasteiger partial charge on any atom is -0.497 e. The summed E-state index contributed by atoms with van der Waals surface area (Å²) in [6.45, 7) is 4.01. The number of sulfonamides is 1. The lowest BCUT2D eigenvalue weighted by molar-refractivity contribution is -0.127. The van der Waals surface area contributed by atoms with Crippen molar-refractivity contribution in [3.63, 3.8) is 0 Å². The molecule has 0 heterocycles. The van der Waals surface area contributed by atoms with Crippen LogP contribution in [-0.4, -0.2) is 56.1 Å². The van der Waals surface area contributed by atoms with Gasteiger partial charge in [-0.25, -0.2) is 8.42 Å². The van der Waals surface area contributed by atoms with Crippen LogP contribution in [0, 0.1) is 11.8 Å². The molecule has 1 aliphatic carbocycles. The van der Waals surface area contributed by atoms with Gasteiger partial charge in [0, 0.05) is 19.0 Å². The number of nitrogens with zero attached hydrogens (tertiary/aromatic N) is 1. The minimum absolute atomic E-state index is 0.0506. The van der Waals surface area contributed by atoms with Gasteiger partial charge in [0.05, 0.1) is 24.2 Å². The monoisotopic (exact) mass is 516 g/mol. The van der Waals surface area contributed by atoms with E-state index < -0.39 is 22.2 Å². The third kappa shape index (κ3) is 7.79. The van der Waals surface area contributed by atoms with Crippen LogP contribution < -0.4 is 10.1 Å². The molecule has 2 N–H and O–H groups in total. The maximum Gasteiger partial charge on any atom is 0.243 e. The number of rotatable bonds is 12. The Bertz CT molecular complexity index is 1050. The third-order valence-electron chi connectivity index (χ3n) is 6.72. The fraction of sp³-hybridized carbons (Fsp3) is 0.536. The molecular weight excluding hydrogens is 476 g/mol. The molecule has 1 amide bonds. The number of amides is 1. The maximum absolute atomic E-state index is 13.5. The fourth-order valence-corrected chi connectivity index (χ4v) is 6.35. The van der Waals surface area contributed by atoms with Gasteiger partial charge in [-0.2, -0.15) is 4.31 Å². The summed E-state index contributed by atoms with van der Waals surface area (Å²) >= 11 is 0. The second kappa shape index (κ2) is 13.2. The molecule has 0 aliphatic heterocycles. The number of carbonyl (C=O) groups excluding carboxylic acids is 1. The molecule has 2 atom stereocenters. The predicted molar refractivity (Wildman–Crippen MR) is 141 cm³/mol. The molecule has 1 aliphatic rings. The second-order valence-electron chi connectivity index (χ2n) is 10.1. The number of carbonyl (C=O) groups is 1. The first-order valence-corrected chi connectivity index (χ1v) is 14.3. The summed E-state index contributed by atoms with van der Waals surface area (Å²) in [6, 6.07) is 15.3. The van der Waals surface area contributed by atoms with Crippen LogP contribution in [0.25, 0.3) is 0 Å². The highest BCUT2D eigenvalue weighted by Crippen LogP contribution is 2.25. The third-order valence-corrected chi connectivity index (χ3v) is 8.57. The summed E-state index contributed by atoms with van der Waals surface area (Å²) in [5.41, 5.74) is 0.971. The maximum atomic E-state index is 13.5. The molecule has 8 heteroatoms. The van der Waals surface area contributed by atoms with Crippen molar-refractivity contribution in [1.29, 1.82) is 0 Å². The van der Waals surface area contributed by atoms with Crippen LogP contribution >= 0.6 is 0 Å². The first-order valence-electron chi connectivity index (χ1n) is 12.9. The zero-order valence-corrected chi connectivity index (χ0v) is 22.4. The quantitative estimate of drug-likeness (QED) is 0.444. The van der Waals surface area contributed by atoms with Gasteiger partial charge in [-0.1, -0.05) is 63.4 Å². The van der Waals surface area contributed by atoms with E-state index in [1.165, 1.54) is 23.5 Å². The first-order chi connectivity index (χ1) is 17.2. The Morgan fingerprint density at radius 3 is 2.25 bits per heavy atom. The van der Waals surface area contributed by atoms with Crippen molar-refractivity contribution >= 4 is 15.9 Å². The molecule has 3 rings (SSSR count). The number of benzene rings is 2. The van der Waals surface area contributed by atoms with Crippen LogP contribution in [-0.2, 0) is 21.2 Å². The van der Waals surface area contributed by atoms with Crippen molar-refractivity contribution in [3.8, 4) is 5.75 Å². The van der Waals surface area contributed by atoms with Gasteiger partial charge in [-0.15, -0.1) is 0 Å². The van der Waals surface area contributed by atoms with Crippen LogP contribution in [0.2, 0.25) is 0 Å². The van der Waals surface area contributed by atoms with Crippen molar-refractivity contribution < 1.29 is 23.1 Å². The van der Waals surface area contributed by atoms with Crippen LogP contribution in [0.4, 0.5) is 0 Å². The Labute approximate surface area is 215 Å². The topological polar surface area (TPSA) is 95.9 Å². The Morgan fingerprint density at radius 1 is 1.03 bits per heavy atom. The molecule has 0 saturated heterocycles. The van der Waals surface area contributed by atoms with E-state index in [-0.39, 0.29) is 35.7 Å². The van der Waals surface area contributed by atoms with Gasteiger partial charge >= 0.3 is 0 Å². The Balaban J connectivity index is 1.83. The molecule has 1 saturated carbocycles. The minimum atomic E-state index is -3.87. The van der Waals surface area contributed by atoms with E-state index in [0.717, 1.165) is 37.7 Å². The Kier molecular flexibility index (Phi) is 10.3. The molecule has 0 spiro atoms. The summed E-state index contributed by atoms with van der Waals surface area (Å²) in [5, 5.41) is 14.4. The molecule has 198 valence electrons. The highest BCUT2D eigenvalue weighted by Gasteiger charge is 2.32. The summed E-state index contributed by atoms with van der Waals surface area (Å²) in [7, 11) is -2.34. The summed E-state index contributed by atoms with van der Waals surface area (Å²) < 4.78 is 33.6. The highest BCUT2D eigenvalue weighted by molar-refractivity contribution is 7.89. The SMILES string of the molecule is COc1ccc(S(=O)(=O)N(CC(C)C)CC(O)[C@H](Cc2ccccc2)NC(=O)C2CCCCC2)cc1. The molecule has 1 fully saturated rings. The van der Waals surface area contributed by atoms with Gasteiger partial charge in [0.25, 0.3) is 0 Å². The number of hydrogen-bond donors (Lipinski definition) is 2. The van der Waals surface area contributed by atoms with Gasteiger partial charge < -0.3 is 15.2 Å². The normalized spacial score (nSPS) is 16.6. The van der Waals surface area contributed by atoms with Gasteiger partial charge in [0.2, 0.25) is 15.9 Å². The Hall–Kier alpha value is -2.42. The average Bonchev–Trinajstić information content (AvgIpc) is 2.88. The standard InChI is InChI=1S/C28H40N2O5S/c1-21(2)19-30(36(33,34)25-16-14-24(35-3)15-17-25)20-27(31)26(18-22-10-6-4-7-11-22)29-28(32)23-12-8-5-9-13-23/h4,6-7,10-11,14-17,21,23,26-27,31H,5,8-9,12-13,18-20H2,1-3H3,(H,29,32)/t26-,27?/m0/s1. The first kappa shape index (κ1) is 28.2. The fourth-order valence-electron chi connectivity index (χ4n) is 4.73. The van der Waals surface area contributed by atoms with Crippen LogP contribution in [0.3, 0.4) is 0 Å². The predicted octanol–water partition coefficient (Wildman–Crippen LogP) is 4.01. The second-order valence-corrected chi connectivity index (χ2v) is 12.0. The molecule has 36 heavy (non-hydrogen) atoms. The summed E-state index contributed by atoms with van der Waals surface area (Å²) in [4.78, 5) is 13.2. The molecule has 7 nitrogen and oxygen atoms in total. The Morgan fingerprint density at radius 2 is 1.67 bits per heavy atom. The molecule has 0 aromatic heterocycles. The number of aliphatic hydroxyl groups excluding tert-OH is 1. The molecule has 2 aromatic carbocycles. The van der Waals surface area contributed by atoms with E-state index in [2.05, 4.69) is 5.32 Å². The number of ether oxygens (including phenoxy) is 1. The van der Waals surface area contributed by atoms with E-state index in [1.807, 2.05) is 44.2 Å². The zero-order chi connectivity index (χ0) is 26.1. The van der Waals surface area contributed by atoms with E-state index in [0.29, 0.717) is 12.2 Å². The lowest BCUT2D eigenvalue weighted by Gasteiger charge is -2.32. The van der Waals surface area contributed by atoms with Crippen LogP contribution in [0.15, 0.2) is 59.5 Å². The number of methoxy groups -OCH3 is 1. The lowest BCUT2D eigenvalue weighted by Crippen LogP contribution is -2.52. The molecule has 0 radical (unpaired) electrons. The molecule has 2 aromatic rings. The van der Waals surface area contributed by atoms with Crippen molar-refractivity contribution in [2.75, 3.05) is 20.2 Å². The van der Waals surface area contributed by atoms with Crippen molar-refractivity contribution in [3.05, 3.63) is 60.2 Å². The number of aliphatic hydroxyl groups is 1. The lowest BCUT2D eigenvalue weighted by atomic mass is 9.88. The zero-order valence-electron chi connectivity index (χ0n) is 21.6. The van der Waals surface area contributed by atoms with Gasteiger partial charge in [0.1, 0.15) is 5.75 Å². The van der Waals surface area contributed by atoms with E-state index >= 15 is 0 Å². The van der Waals surface area contributed by atoms with Crippen LogP contribution in [0.1, 0.15) is 51.5 Å². The van der Waals surface area contributed by atoms with E-state index in [1.54, 1.807) is 12.1 Å². The van der Waals surface area contributed by atoms with Crippen LogP contribution in [0.5, 0.6) is 5.75 Å². The molecular formula is C28H40N2O5S. The van der Waals surface area contributed by atoms with Crippen molar-refractivity contribution in [2.24, 2.45) is 11.8 Å². The number of hydrogen-bond acceptors (Lipinski definition) is 5. The highest BCUT2D eigenvalue weighted by atomic mass is 32.2. The summed E-state index contributed by atoms with van der Waals surface area (Å²) in [5.74, 6) is 0.509. The largest absolute Gasteiger partial charge is 0.497 e. The molecule has 0 bridgehead atoms. The smallest absolute Gasteiger partial charge is 0.243 e. The van der Waals surface area contributed by atoms with Gasteiger partial charge in [-0.3, -0.25) is 4.79 Å². The average molecular weight is 517 g/mol. The van der Waals surface area contributed by atoms with Gasteiger partial charge in [0.15, 0.2) is 0 Å². The summed E-state index contributed by atoms with van der Waals surface area (Å²) in [6.07, 6.45) is 4.26. The number of nitrogens with one attached hydrogen (secondary N) is 1. The molecule has 1 unspecified atom stereocenters. The van der Waals surface area contributed by atoms with Crippen molar-refractivity contribution in [1.82, 2.24) is 9.62 Å².